The Kier molecular flexibility index (Phi) is 3.66. The third kappa shape index (κ3) is 2.59. The zero-order chi connectivity index (χ0) is 15.9. The fourth-order valence-electron chi connectivity index (χ4n) is 2.70. The van der Waals surface area contributed by atoms with Crippen LogP contribution < -0.4 is 21.7 Å². The van der Waals surface area contributed by atoms with Crippen LogP contribution >= 0.6 is 15.9 Å². The number of carbonyl (C=O) groups is 2. The van der Waals surface area contributed by atoms with Crippen LogP contribution in [0.1, 0.15) is 23.6 Å². The minimum atomic E-state index is -0.515. The smallest absolute Gasteiger partial charge is 0.323 e. The number of fused-ring (bicyclic) bond motifs is 1. The molecule has 0 fully saturated rings. The van der Waals surface area contributed by atoms with E-state index in [0.717, 1.165) is 22.9 Å². The lowest BCUT2D eigenvalue weighted by atomic mass is 10.1. The molecule has 2 aliphatic rings. The Balaban J connectivity index is 1.82. The van der Waals surface area contributed by atoms with Gasteiger partial charge in [0.25, 0.3) is 5.91 Å². The highest BCUT2D eigenvalue weighted by Gasteiger charge is 2.28. The van der Waals surface area contributed by atoms with Crippen molar-refractivity contribution in [3.05, 3.63) is 57.5 Å². The van der Waals surface area contributed by atoms with E-state index in [1.54, 1.807) is 0 Å². The van der Waals surface area contributed by atoms with Crippen molar-refractivity contribution in [1.82, 2.24) is 16.0 Å². The van der Waals surface area contributed by atoms with Crippen LogP contribution in [-0.4, -0.2) is 11.9 Å². The first kappa shape index (κ1) is 14.6. The molecule has 0 unspecified atom stereocenters. The summed E-state index contributed by atoms with van der Waals surface area (Å²) in [5.74, 6) is -0.411. The van der Waals surface area contributed by atoms with Crippen molar-refractivity contribution >= 4 is 27.9 Å². The lowest BCUT2D eigenvalue weighted by Crippen LogP contribution is -2.47. The number of hydrogen-bond acceptors (Lipinski definition) is 3. The molecule has 22 heavy (non-hydrogen) atoms. The van der Waals surface area contributed by atoms with Crippen LogP contribution in [0, 0.1) is 0 Å². The summed E-state index contributed by atoms with van der Waals surface area (Å²) < 4.78 is 0.967. The molecule has 1 aromatic rings. The van der Waals surface area contributed by atoms with Crippen molar-refractivity contribution in [3.8, 4) is 0 Å². The predicted octanol–water partition coefficient (Wildman–Crippen LogP) is 1.55. The molecule has 0 saturated heterocycles. The highest BCUT2D eigenvalue weighted by Crippen LogP contribution is 2.33. The van der Waals surface area contributed by atoms with E-state index in [2.05, 4.69) is 38.5 Å². The average molecular weight is 363 g/mol. The number of nitrogens with one attached hydrogen (secondary N) is 3. The van der Waals surface area contributed by atoms with Crippen molar-refractivity contribution in [2.75, 3.05) is 0 Å². The van der Waals surface area contributed by atoms with Crippen LogP contribution in [0.5, 0.6) is 0 Å². The Labute approximate surface area is 136 Å². The number of aryl methyl sites for hydroxylation is 1. The van der Waals surface area contributed by atoms with Gasteiger partial charge in [0.1, 0.15) is 5.70 Å². The quantitative estimate of drug-likeness (QED) is 0.642. The van der Waals surface area contributed by atoms with E-state index in [1.807, 2.05) is 18.2 Å². The number of nitrogens with two attached hydrogens (primary N) is 1. The molecular formula is C15H15BrN4O2. The van der Waals surface area contributed by atoms with Crippen molar-refractivity contribution in [2.45, 2.75) is 18.9 Å². The summed E-state index contributed by atoms with van der Waals surface area (Å²) in [6, 6.07) is 5.43. The van der Waals surface area contributed by atoms with E-state index in [4.69, 9.17) is 5.73 Å². The molecule has 1 heterocycles. The summed E-state index contributed by atoms with van der Waals surface area (Å²) in [6.07, 6.45) is 1.72. The van der Waals surface area contributed by atoms with Gasteiger partial charge in [0.05, 0.1) is 17.4 Å². The maximum Gasteiger partial charge on any atom is 0.323 e. The number of halogens is 1. The molecule has 1 atom stereocenters. The number of urea groups is 1. The minimum Gasteiger partial charge on any atom is -0.395 e. The summed E-state index contributed by atoms with van der Waals surface area (Å²) in [5.41, 5.74) is 8.52. The van der Waals surface area contributed by atoms with Crippen LogP contribution in [0.4, 0.5) is 4.79 Å². The number of carbonyl (C=O) groups excluding carboxylic acids is 2. The molecule has 0 bridgehead atoms. The average Bonchev–Trinajstić information content (AvgIpc) is 2.85. The fourth-order valence-corrected chi connectivity index (χ4v) is 3.08. The Hall–Kier alpha value is -2.28. The molecule has 3 rings (SSSR count). The minimum absolute atomic E-state index is 0.0391. The third-order valence-electron chi connectivity index (χ3n) is 3.82. The van der Waals surface area contributed by atoms with E-state index in [9.17, 15) is 9.59 Å². The molecule has 114 valence electrons. The molecule has 7 heteroatoms. The Morgan fingerprint density at radius 1 is 1.41 bits per heavy atom. The lowest BCUT2D eigenvalue weighted by molar-refractivity contribution is -0.118. The number of hydrogen-bond donors (Lipinski definition) is 4. The molecule has 1 aliphatic carbocycles. The molecule has 0 saturated carbocycles. The normalized spacial score (nSPS) is 20.3. The summed E-state index contributed by atoms with van der Waals surface area (Å²) in [4.78, 5) is 23.9. The first-order chi connectivity index (χ1) is 10.5. The Bertz CT molecular complexity index is 726. The molecule has 0 aromatic heterocycles. The topological polar surface area (TPSA) is 96.2 Å². The molecule has 1 aromatic carbocycles. The van der Waals surface area contributed by atoms with Gasteiger partial charge in [-0.1, -0.05) is 28.6 Å². The van der Waals surface area contributed by atoms with Gasteiger partial charge >= 0.3 is 6.03 Å². The molecule has 0 radical (unpaired) electrons. The number of benzene rings is 1. The van der Waals surface area contributed by atoms with Crippen molar-refractivity contribution in [1.29, 1.82) is 0 Å². The monoisotopic (exact) mass is 362 g/mol. The van der Waals surface area contributed by atoms with Gasteiger partial charge in [-0.2, -0.15) is 0 Å². The van der Waals surface area contributed by atoms with E-state index >= 15 is 0 Å². The molecular weight excluding hydrogens is 348 g/mol. The summed E-state index contributed by atoms with van der Waals surface area (Å²) in [6.45, 7) is 3.62. The SMILES string of the molecule is C=C1NC(=O)NC(C(=O)N[C@H]2CCc3ccc(Br)cc32)=C1N. The van der Waals surface area contributed by atoms with Gasteiger partial charge in [-0.15, -0.1) is 0 Å². The van der Waals surface area contributed by atoms with Crippen LogP contribution in [0.25, 0.3) is 0 Å². The summed E-state index contributed by atoms with van der Waals surface area (Å²) in [7, 11) is 0. The van der Waals surface area contributed by atoms with Crippen molar-refractivity contribution in [3.63, 3.8) is 0 Å². The van der Waals surface area contributed by atoms with Crippen LogP contribution in [0.2, 0.25) is 0 Å². The molecule has 5 N–H and O–H groups in total. The first-order valence-corrected chi connectivity index (χ1v) is 7.61. The number of amides is 3. The van der Waals surface area contributed by atoms with E-state index < -0.39 is 11.9 Å². The van der Waals surface area contributed by atoms with Gasteiger partial charge in [0.2, 0.25) is 0 Å². The standard InChI is InChI=1S/C15H15BrN4O2/c1-7-12(17)13(20-15(22)18-7)14(21)19-11-5-3-8-2-4-9(16)6-10(8)11/h2,4,6,11H,1,3,5,17H2,(H,19,21)(H2,18,20,22)/t11-/m0/s1. The summed E-state index contributed by atoms with van der Waals surface area (Å²) >= 11 is 3.44. The maximum atomic E-state index is 12.4. The van der Waals surface area contributed by atoms with Crippen molar-refractivity contribution in [2.24, 2.45) is 5.73 Å². The Morgan fingerprint density at radius 2 is 2.18 bits per heavy atom. The second-order valence-corrected chi connectivity index (χ2v) is 6.17. The van der Waals surface area contributed by atoms with Gasteiger partial charge < -0.3 is 21.7 Å². The highest BCUT2D eigenvalue weighted by atomic mass is 79.9. The number of rotatable bonds is 2. The maximum absolute atomic E-state index is 12.4. The van der Waals surface area contributed by atoms with Crippen LogP contribution in [-0.2, 0) is 11.2 Å². The molecule has 3 amide bonds. The largest absolute Gasteiger partial charge is 0.395 e. The van der Waals surface area contributed by atoms with Gasteiger partial charge in [-0.3, -0.25) is 4.79 Å². The zero-order valence-corrected chi connectivity index (χ0v) is 13.3. The van der Waals surface area contributed by atoms with E-state index in [1.165, 1.54) is 5.56 Å². The van der Waals surface area contributed by atoms with Gasteiger partial charge in [-0.05, 0) is 36.1 Å². The second-order valence-electron chi connectivity index (χ2n) is 5.25. The molecule has 0 spiro atoms. The van der Waals surface area contributed by atoms with Crippen LogP contribution in [0.15, 0.2) is 46.3 Å². The van der Waals surface area contributed by atoms with E-state index in [-0.39, 0.29) is 23.1 Å². The first-order valence-electron chi connectivity index (χ1n) is 6.82. The van der Waals surface area contributed by atoms with Crippen LogP contribution in [0.3, 0.4) is 0 Å². The zero-order valence-electron chi connectivity index (χ0n) is 11.7. The van der Waals surface area contributed by atoms with Gasteiger partial charge in [0.15, 0.2) is 0 Å². The second kappa shape index (κ2) is 5.49. The summed E-state index contributed by atoms with van der Waals surface area (Å²) in [5, 5.41) is 7.77. The fraction of sp³-hybridized carbons (Fsp3) is 0.200. The van der Waals surface area contributed by atoms with Gasteiger partial charge in [0, 0.05) is 4.47 Å². The lowest BCUT2D eigenvalue weighted by Gasteiger charge is -2.22. The van der Waals surface area contributed by atoms with E-state index in [0.29, 0.717) is 0 Å². The predicted molar refractivity (Wildman–Crippen MR) is 85.4 cm³/mol. The van der Waals surface area contributed by atoms with Gasteiger partial charge in [-0.25, -0.2) is 4.79 Å². The van der Waals surface area contributed by atoms with Crippen molar-refractivity contribution < 1.29 is 9.59 Å². The third-order valence-corrected chi connectivity index (χ3v) is 4.31. The highest BCUT2D eigenvalue weighted by molar-refractivity contribution is 9.10. The Morgan fingerprint density at radius 3 is 2.95 bits per heavy atom. The molecule has 6 nitrogen and oxygen atoms in total. The molecule has 1 aliphatic heterocycles.